The summed E-state index contributed by atoms with van der Waals surface area (Å²) < 4.78 is 5.41. The van der Waals surface area contributed by atoms with Gasteiger partial charge in [-0.1, -0.05) is 12.2 Å². The van der Waals surface area contributed by atoms with Gasteiger partial charge < -0.3 is 15.8 Å². The normalized spacial score (nSPS) is 11.7. The van der Waals surface area contributed by atoms with Crippen LogP contribution in [0.3, 0.4) is 0 Å². The average Bonchev–Trinajstić information content (AvgIpc) is 2.27. The van der Waals surface area contributed by atoms with Crippen LogP contribution in [0.5, 0.6) is 0 Å². The van der Waals surface area contributed by atoms with E-state index < -0.39 is 6.04 Å². The summed E-state index contributed by atoms with van der Waals surface area (Å²) in [6.07, 6.45) is 0. The van der Waals surface area contributed by atoms with Crippen molar-refractivity contribution in [3.63, 3.8) is 0 Å². The molecular formula is C11H13BrN2O2S. The van der Waals surface area contributed by atoms with E-state index >= 15 is 0 Å². The van der Waals surface area contributed by atoms with E-state index in [1.54, 1.807) is 19.1 Å². The fourth-order valence-corrected chi connectivity index (χ4v) is 2.19. The van der Waals surface area contributed by atoms with Gasteiger partial charge in [0.15, 0.2) is 0 Å². The highest BCUT2D eigenvalue weighted by molar-refractivity contribution is 9.10. The molecule has 0 amide bonds. The third kappa shape index (κ3) is 3.67. The van der Waals surface area contributed by atoms with Gasteiger partial charge >= 0.3 is 5.97 Å². The molecule has 1 rings (SSSR count). The Morgan fingerprint density at radius 2 is 2.24 bits per heavy atom. The number of methoxy groups -OCH3 is 1. The largest absolute Gasteiger partial charge is 0.467 e. The molecule has 0 radical (unpaired) electrons. The van der Waals surface area contributed by atoms with Gasteiger partial charge in [0.05, 0.1) is 7.11 Å². The van der Waals surface area contributed by atoms with Crippen molar-refractivity contribution in [2.45, 2.75) is 13.0 Å². The van der Waals surface area contributed by atoms with Crippen molar-refractivity contribution in [2.24, 2.45) is 5.73 Å². The number of nitrogens with two attached hydrogens (primary N) is 1. The summed E-state index contributed by atoms with van der Waals surface area (Å²) in [5.74, 6) is -0.320. The SMILES string of the molecule is COC(=O)C(C)Nc1ccc(C(N)=S)c(Br)c1. The van der Waals surface area contributed by atoms with Crippen LogP contribution in [0.15, 0.2) is 22.7 Å². The molecular weight excluding hydrogens is 304 g/mol. The maximum atomic E-state index is 11.2. The molecule has 0 fully saturated rings. The third-order valence-electron chi connectivity index (χ3n) is 2.17. The van der Waals surface area contributed by atoms with Crippen molar-refractivity contribution in [2.75, 3.05) is 12.4 Å². The zero-order chi connectivity index (χ0) is 13.0. The van der Waals surface area contributed by atoms with Gasteiger partial charge in [0.2, 0.25) is 0 Å². The van der Waals surface area contributed by atoms with Crippen molar-refractivity contribution < 1.29 is 9.53 Å². The van der Waals surface area contributed by atoms with E-state index in [-0.39, 0.29) is 5.97 Å². The van der Waals surface area contributed by atoms with Crippen LogP contribution < -0.4 is 11.1 Å². The van der Waals surface area contributed by atoms with Crippen LogP contribution in [0.4, 0.5) is 5.69 Å². The summed E-state index contributed by atoms with van der Waals surface area (Å²) in [7, 11) is 1.35. The van der Waals surface area contributed by atoms with E-state index in [0.717, 1.165) is 15.7 Å². The average molecular weight is 317 g/mol. The Morgan fingerprint density at radius 1 is 1.59 bits per heavy atom. The lowest BCUT2D eigenvalue weighted by atomic mass is 10.2. The first-order valence-electron chi connectivity index (χ1n) is 4.89. The highest BCUT2D eigenvalue weighted by atomic mass is 79.9. The number of ether oxygens (including phenoxy) is 1. The quantitative estimate of drug-likeness (QED) is 0.657. The van der Waals surface area contributed by atoms with Gasteiger partial charge in [0.25, 0.3) is 0 Å². The van der Waals surface area contributed by atoms with E-state index in [9.17, 15) is 4.79 Å². The topological polar surface area (TPSA) is 64.3 Å². The first kappa shape index (κ1) is 13.9. The maximum absolute atomic E-state index is 11.2. The van der Waals surface area contributed by atoms with Crippen LogP contribution in [0, 0.1) is 0 Å². The lowest BCUT2D eigenvalue weighted by Crippen LogP contribution is -2.27. The predicted molar refractivity (Wildman–Crippen MR) is 75.1 cm³/mol. The molecule has 0 aliphatic rings. The molecule has 1 atom stereocenters. The Hall–Kier alpha value is -1.14. The molecule has 1 unspecified atom stereocenters. The molecule has 3 N–H and O–H groups in total. The lowest BCUT2D eigenvalue weighted by Gasteiger charge is -2.14. The minimum atomic E-state index is -0.414. The minimum absolute atomic E-state index is 0.320. The second-order valence-corrected chi connectivity index (χ2v) is 4.74. The highest BCUT2D eigenvalue weighted by Gasteiger charge is 2.13. The van der Waals surface area contributed by atoms with Crippen molar-refractivity contribution in [1.82, 2.24) is 0 Å². The van der Waals surface area contributed by atoms with E-state index in [1.807, 2.05) is 6.07 Å². The van der Waals surface area contributed by atoms with E-state index in [4.69, 9.17) is 18.0 Å². The molecule has 0 aromatic heterocycles. The van der Waals surface area contributed by atoms with Crippen LogP contribution in [0.25, 0.3) is 0 Å². The number of thiocarbonyl (C=S) groups is 1. The summed E-state index contributed by atoms with van der Waals surface area (Å²) >= 11 is 8.26. The fourth-order valence-electron chi connectivity index (χ4n) is 1.29. The molecule has 17 heavy (non-hydrogen) atoms. The van der Waals surface area contributed by atoms with E-state index in [1.165, 1.54) is 7.11 Å². The fraction of sp³-hybridized carbons (Fsp3) is 0.273. The summed E-state index contributed by atoms with van der Waals surface area (Å²) in [6, 6.07) is 4.99. The Morgan fingerprint density at radius 3 is 2.71 bits per heavy atom. The number of esters is 1. The van der Waals surface area contributed by atoms with Crippen LogP contribution in [0.2, 0.25) is 0 Å². The van der Waals surface area contributed by atoms with E-state index in [2.05, 4.69) is 26.0 Å². The molecule has 0 spiro atoms. The smallest absolute Gasteiger partial charge is 0.327 e. The predicted octanol–water partition coefficient (Wildman–Crippen LogP) is 2.06. The van der Waals surface area contributed by atoms with Crippen molar-refractivity contribution >= 4 is 44.8 Å². The zero-order valence-corrected chi connectivity index (χ0v) is 11.9. The molecule has 0 aliphatic carbocycles. The number of carbonyl (C=O) groups is 1. The van der Waals surface area contributed by atoms with Crippen molar-refractivity contribution in [1.29, 1.82) is 0 Å². The molecule has 4 nitrogen and oxygen atoms in total. The number of nitrogens with one attached hydrogen (secondary N) is 1. The Labute approximate surface area is 114 Å². The number of halogens is 1. The molecule has 0 aliphatic heterocycles. The standard InChI is InChI=1S/C11H13BrN2O2S/c1-6(11(15)16-2)14-7-3-4-8(10(13)17)9(12)5-7/h3-6,14H,1-2H3,(H2,13,17). The first-order chi connectivity index (χ1) is 7.95. The van der Waals surface area contributed by atoms with Crippen molar-refractivity contribution in [3.05, 3.63) is 28.2 Å². The van der Waals surface area contributed by atoms with Crippen LogP contribution in [0.1, 0.15) is 12.5 Å². The number of anilines is 1. The lowest BCUT2D eigenvalue weighted by molar-refractivity contribution is -0.141. The summed E-state index contributed by atoms with van der Waals surface area (Å²) in [5, 5.41) is 3.01. The number of hydrogen-bond donors (Lipinski definition) is 2. The summed E-state index contributed by atoms with van der Waals surface area (Å²) in [5.41, 5.74) is 7.09. The van der Waals surface area contributed by atoms with Gasteiger partial charge in [-0.2, -0.15) is 0 Å². The highest BCUT2D eigenvalue weighted by Crippen LogP contribution is 2.22. The van der Waals surface area contributed by atoms with E-state index in [0.29, 0.717) is 4.99 Å². The molecule has 6 heteroatoms. The van der Waals surface area contributed by atoms with Gasteiger partial charge in [-0.25, -0.2) is 4.79 Å². The van der Waals surface area contributed by atoms with Gasteiger partial charge in [0.1, 0.15) is 11.0 Å². The van der Waals surface area contributed by atoms with Gasteiger partial charge in [-0.3, -0.25) is 0 Å². The Kier molecular flexibility index (Phi) is 4.89. The molecule has 0 bridgehead atoms. The zero-order valence-electron chi connectivity index (χ0n) is 9.49. The molecule has 0 saturated heterocycles. The Bertz CT molecular complexity index is 451. The van der Waals surface area contributed by atoms with Gasteiger partial charge in [-0.05, 0) is 41.1 Å². The molecule has 1 aromatic carbocycles. The molecule has 0 saturated carbocycles. The summed E-state index contributed by atoms with van der Waals surface area (Å²) in [4.78, 5) is 11.6. The van der Waals surface area contributed by atoms with Gasteiger partial charge in [0, 0.05) is 15.7 Å². The molecule has 0 heterocycles. The summed E-state index contributed by atoms with van der Waals surface area (Å²) in [6.45, 7) is 1.72. The number of carbonyl (C=O) groups excluding carboxylic acids is 1. The van der Waals surface area contributed by atoms with Gasteiger partial charge in [-0.15, -0.1) is 0 Å². The maximum Gasteiger partial charge on any atom is 0.327 e. The number of hydrogen-bond acceptors (Lipinski definition) is 4. The number of benzene rings is 1. The molecule has 92 valence electrons. The van der Waals surface area contributed by atoms with Crippen LogP contribution >= 0.6 is 28.1 Å². The van der Waals surface area contributed by atoms with Crippen molar-refractivity contribution in [3.8, 4) is 0 Å². The minimum Gasteiger partial charge on any atom is -0.467 e. The first-order valence-corrected chi connectivity index (χ1v) is 6.09. The number of rotatable bonds is 4. The Balaban J connectivity index is 2.84. The van der Waals surface area contributed by atoms with Crippen LogP contribution in [-0.4, -0.2) is 24.1 Å². The monoisotopic (exact) mass is 316 g/mol. The third-order valence-corrected chi connectivity index (χ3v) is 3.05. The second kappa shape index (κ2) is 5.97. The molecule has 1 aromatic rings. The van der Waals surface area contributed by atoms with Crippen LogP contribution in [-0.2, 0) is 9.53 Å². The second-order valence-electron chi connectivity index (χ2n) is 3.45.